The molecule has 8 heteroatoms. The van der Waals surface area contributed by atoms with Gasteiger partial charge in [-0.05, 0) is 42.0 Å². The topological polar surface area (TPSA) is 70.1 Å². The minimum absolute atomic E-state index is 0.00861. The minimum atomic E-state index is 0.00861. The summed E-state index contributed by atoms with van der Waals surface area (Å²) in [5.41, 5.74) is 3.37. The number of fused-ring (bicyclic) bond motifs is 2. The van der Waals surface area contributed by atoms with E-state index in [0.717, 1.165) is 22.4 Å². The Balaban J connectivity index is 1.40. The number of carbonyl (C=O) groups is 1. The third-order valence-corrected chi connectivity index (χ3v) is 5.71. The molecule has 0 spiro atoms. The summed E-state index contributed by atoms with van der Waals surface area (Å²) in [5.74, 6) is 2.65. The van der Waals surface area contributed by atoms with Crippen molar-refractivity contribution < 1.29 is 23.7 Å². The molecule has 0 radical (unpaired) electrons. The van der Waals surface area contributed by atoms with Gasteiger partial charge in [-0.3, -0.25) is 9.78 Å². The van der Waals surface area contributed by atoms with Gasteiger partial charge in [-0.1, -0.05) is 17.7 Å². The van der Waals surface area contributed by atoms with Crippen LogP contribution in [0.4, 0.5) is 0 Å². The van der Waals surface area contributed by atoms with E-state index < -0.39 is 0 Å². The maximum atomic E-state index is 13.1. The molecule has 2 aromatic carbocycles. The van der Waals surface area contributed by atoms with Crippen LogP contribution in [0, 0.1) is 0 Å². The summed E-state index contributed by atoms with van der Waals surface area (Å²) >= 11 is 5.98. The average molecular weight is 453 g/mol. The number of ether oxygens (including phenoxy) is 4. The van der Waals surface area contributed by atoms with Gasteiger partial charge >= 0.3 is 0 Å². The second kappa shape index (κ2) is 8.59. The Morgan fingerprint density at radius 2 is 2.00 bits per heavy atom. The summed E-state index contributed by atoms with van der Waals surface area (Å²) in [6.45, 7) is 1.49. The number of halogens is 1. The first-order valence-electron chi connectivity index (χ1n) is 10.2. The Morgan fingerprint density at radius 1 is 1.12 bits per heavy atom. The van der Waals surface area contributed by atoms with Gasteiger partial charge in [0, 0.05) is 23.9 Å². The highest BCUT2D eigenvalue weighted by atomic mass is 35.5. The summed E-state index contributed by atoms with van der Waals surface area (Å²) < 4.78 is 22.3. The van der Waals surface area contributed by atoms with Gasteiger partial charge in [0.05, 0.1) is 30.8 Å². The fraction of sp³-hybridized carbons (Fsp3) is 0.250. The number of nitrogens with zero attached hydrogens (tertiary/aromatic N) is 2. The number of carbonyl (C=O) groups excluding carboxylic acids is 1. The van der Waals surface area contributed by atoms with Crippen molar-refractivity contribution in [3.05, 3.63) is 64.8 Å². The van der Waals surface area contributed by atoms with E-state index >= 15 is 0 Å². The maximum absolute atomic E-state index is 13.1. The van der Waals surface area contributed by atoms with Crippen molar-refractivity contribution in [3.63, 3.8) is 0 Å². The quantitative estimate of drug-likeness (QED) is 0.593. The summed E-state index contributed by atoms with van der Waals surface area (Å²) in [5, 5.41) is 0.569. The fourth-order valence-corrected chi connectivity index (χ4v) is 3.99. The predicted octanol–water partition coefficient (Wildman–Crippen LogP) is 4.10. The number of amides is 1. The molecule has 0 atom stereocenters. The Labute approximate surface area is 190 Å². The molecular weight excluding hydrogens is 432 g/mol. The highest BCUT2D eigenvalue weighted by molar-refractivity contribution is 6.30. The molecule has 0 saturated heterocycles. The van der Waals surface area contributed by atoms with Crippen LogP contribution in [0.25, 0.3) is 11.3 Å². The molecule has 2 aliphatic heterocycles. The molecule has 0 N–H and O–H groups in total. The number of aromatic nitrogens is 1. The van der Waals surface area contributed by atoms with Crippen LogP contribution in [0.3, 0.4) is 0 Å². The number of methoxy groups -OCH3 is 1. The van der Waals surface area contributed by atoms with Gasteiger partial charge in [0.2, 0.25) is 12.7 Å². The van der Waals surface area contributed by atoms with Gasteiger partial charge in [0.25, 0.3) is 0 Å². The fourth-order valence-electron chi connectivity index (χ4n) is 3.88. The van der Waals surface area contributed by atoms with Gasteiger partial charge in [0.1, 0.15) is 6.61 Å². The highest BCUT2D eigenvalue weighted by Crippen LogP contribution is 2.38. The van der Waals surface area contributed by atoms with E-state index in [-0.39, 0.29) is 19.1 Å². The van der Waals surface area contributed by atoms with Crippen molar-refractivity contribution in [3.8, 4) is 34.3 Å². The van der Waals surface area contributed by atoms with E-state index in [4.69, 9.17) is 30.5 Å². The first kappa shape index (κ1) is 20.5. The van der Waals surface area contributed by atoms with E-state index in [1.54, 1.807) is 24.3 Å². The van der Waals surface area contributed by atoms with Crippen LogP contribution in [-0.2, 0) is 17.8 Å². The zero-order valence-electron chi connectivity index (χ0n) is 17.5. The van der Waals surface area contributed by atoms with Crippen LogP contribution in [0.1, 0.15) is 11.1 Å². The van der Waals surface area contributed by atoms with E-state index in [2.05, 4.69) is 4.98 Å². The molecule has 0 fully saturated rings. The van der Waals surface area contributed by atoms with Crippen molar-refractivity contribution in [2.45, 2.75) is 13.0 Å². The lowest BCUT2D eigenvalue weighted by molar-refractivity contribution is -0.131. The zero-order valence-corrected chi connectivity index (χ0v) is 18.2. The van der Waals surface area contributed by atoms with Crippen LogP contribution in [0.5, 0.6) is 23.0 Å². The average Bonchev–Trinajstić information content (AvgIpc) is 3.16. The molecule has 0 bridgehead atoms. The molecule has 3 aromatic rings. The summed E-state index contributed by atoms with van der Waals surface area (Å²) in [6, 6.07) is 13.1. The largest absolute Gasteiger partial charge is 0.493 e. The van der Waals surface area contributed by atoms with Gasteiger partial charge in [-0.2, -0.15) is 0 Å². The molecule has 0 unspecified atom stereocenters. The van der Waals surface area contributed by atoms with E-state index in [0.29, 0.717) is 47.7 Å². The number of benzene rings is 2. The third kappa shape index (κ3) is 4.03. The molecular formula is C24H21ClN2O5. The van der Waals surface area contributed by atoms with Crippen molar-refractivity contribution in [2.75, 3.05) is 27.1 Å². The van der Waals surface area contributed by atoms with Gasteiger partial charge in [-0.25, -0.2) is 0 Å². The van der Waals surface area contributed by atoms with Gasteiger partial charge in [-0.15, -0.1) is 0 Å². The second-order valence-corrected chi connectivity index (χ2v) is 7.99. The van der Waals surface area contributed by atoms with Crippen molar-refractivity contribution in [1.82, 2.24) is 9.88 Å². The molecule has 3 heterocycles. The lowest BCUT2D eigenvalue weighted by Gasteiger charge is -2.20. The van der Waals surface area contributed by atoms with Crippen LogP contribution >= 0.6 is 11.6 Å². The summed E-state index contributed by atoms with van der Waals surface area (Å²) in [4.78, 5) is 19.3. The Hall–Kier alpha value is -3.45. The highest BCUT2D eigenvalue weighted by Gasteiger charge is 2.24. The Kier molecular flexibility index (Phi) is 5.49. The van der Waals surface area contributed by atoms with Crippen molar-refractivity contribution in [2.24, 2.45) is 0 Å². The van der Waals surface area contributed by atoms with Crippen molar-refractivity contribution >= 4 is 17.5 Å². The minimum Gasteiger partial charge on any atom is -0.493 e. The molecule has 0 saturated carbocycles. The molecule has 0 aliphatic carbocycles. The monoisotopic (exact) mass is 452 g/mol. The first-order valence-corrected chi connectivity index (χ1v) is 10.6. The first-order chi connectivity index (χ1) is 15.6. The van der Waals surface area contributed by atoms with Crippen LogP contribution < -0.4 is 18.9 Å². The lowest BCUT2D eigenvalue weighted by atomic mass is 10.0. The zero-order chi connectivity index (χ0) is 22.1. The molecule has 1 aromatic heterocycles. The standard InChI is InChI=1S/C24H21ClN2O5/c1-29-22-11-16(19-4-3-18(25)12-26-19)10-17-13-27(6-7-30-24(17)22)23(28)9-15-2-5-20-21(8-15)32-14-31-20/h2-5,8,10-12H,6-7,9,13-14H2,1H3. The van der Waals surface area contributed by atoms with Gasteiger partial charge in [0.15, 0.2) is 23.0 Å². The van der Waals surface area contributed by atoms with E-state index in [1.165, 1.54) is 0 Å². The smallest absolute Gasteiger partial charge is 0.231 e. The molecule has 7 nitrogen and oxygen atoms in total. The Bertz CT molecular complexity index is 1170. The summed E-state index contributed by atoms with van der Waals surface area (Å²) in [6.07, 6.45) is 1.87. The second-order valence-electron chi connectivity index (χ2n) is 7.56. The van der Waals surface area contributed by atoms with Crippen LogP contribution in [0.15, 0.2) is 48.7 Å². The number of rotatable bonds is 4. The van der Waals surface area contributed by atoms with Crippen LogP contribution in [-0.4, -0.2) is 42.8 Å². The van der Waals surface area contributed by atoms with Gasteiger partial charge < -0.3 is 23.8 Å². The van der Waals surface area contributed by atoms with E-state index in [9.17, 15) is 4.79 Å². The molecule has 164 valence electrons. The molecule has 5 rings (SSSR count). The molecule has 1 amide bonds. The van der Waals surface area contributed by atoms with E-state index in [1.807, 2.05) is 36.4 Å². The normalized spacial score (nSPS) is 14.4. The molecule has 2 aliphatic rings. The predicted molar refractivity (Wildman–Crippen MR) is 118 cm³/mol. The lowest BCUT2D eigenvalue weighted by Crippen LogP contribution is -2.33. The number of hydrogen-bond donors (Lipinski definition) is 0. The number of pyridine rings is 1. The van der Waals surface area contributed by atoms with Crippen LogP contribution in [0.2, 0.25) is 5.02 Å². The number of hydrogen-bond acceptors (Lipinski definition) is 6. The third-order valence-electron chi connectivity index (χ3n) is 5.49. The SMILES string of the molecule is COc1cc(-c2ccc(Cl)cn2)cc2c1OCCN(C(=O)Cc1ccc3c(c1)OCO3)C2. The molecule has 32 heavy (non-hydrogen) atoms. The maximum Gasteiger partial charge on any atom is 0.231 e. The van der Waals surface area contributed by atoms with Crippen molar-refractivity contribution in [1.29, 1.82) is 0 Å². The summed E-state index contributed by atoms with van der Waals surface area (Å²) in [7, 11) is 1.60. The Morgan fingerprint density at radius 3 is 2.81 bits per heavy atom.